The first-order valence-electron chi connectivity index (χ1n) is 12.9. The molecule has 40 heavy (non-hydrogen) atoms. The molecule has 2 aromatic carbocycles. The Morgan fingerprint density at radius 2 is 1.82 bits per heavy atom. The molecule has 0 fully saturated rings. The highest BCUT2D eigenvalue weighted by Crippen LogP contribution is 2.27. The number of halogens is 3. The first-order valence-corrected chi connectivity index (χ1v) is 14.4. The number of hydrogen-bond donors (Lipinski definition) is 1. The number of rotatable bonds is 7. The van der Waals surface area contributed by atoms with Gasteiger partial charge in [-0.1, -0.05) is 36.8 Å². The summed E-state index contributed by atoms with van der Waals surface area (Å²) in [5.41, 5.74) is 3.12. The summed E-state index contributed by atoms with van der Waals surface area (Å²) in [4.78, 5) is 27.3. The Balaban J connectivity index is 1.60. The van der Waals surface area contributed by atoms with E-state index in [1.165, 1.54) is 23.8 Å². The molecule has 0 saturated carbocycles. The molecule has 0 unspecified atom stereocenters. The molecular weight excluding hydrogens is 545 g/mol. The second kappa shape index (κ2) is 11.8. The second-order valence-electron chi connectivity index (χ2n) is 9.85. The number of benzene rings is 2. The molecule has 0 saturated heterocycles. The van der Waals surface area contributed by atoms with Crippen molar-refractivity contribution in [2.24, 2.45) is 0 Å². The molecule has 0 spiro atoms. The number of nitriles is 1. The Kier molecular flexibility index (Phi) is 8.65. The summed E-state index contributed by atoms with van der Waals surface area (Å²) in [5.74, 6) is -2.39. The van der Waals surface area contributed by atoms with Gasteiger partial charge in [-0.2, -0.15) is 23.2 Å². The number of amides is 2. The smallest absolute Gasteiger partial charge is 0.337 e. The molecule has 2 amide bonds. The molecule has 8 nitrogen and oxygen atoms in total. The summed E-state index contributed by atoms with van der Waals surface area (Å²) in [7, 11) is -4.30. The van der Waals surface area contributed by atoms with Gasteiger partial charge in [0, 0.05) is 26.2 Å². The topological polar surface area (TPSA) is 111 Å². The first kappa shape index (κ1) is 29.3. The normalized spacial score (nSPS) is 16.5. The van der Waals surface area contributed by atoms with Crippen molar-refractivity contribution in [1.82, 2.24) is 14.5 Å². The van der Waals surface area contributed by atoms with Crippen LogP contribution in [0.2, 0.25) is 0 Å². The highest BCUT2D eigenvalue weighted by Gasteiger charge is 2.43. The van der Waals surface area contributed by atoms with E-state index in [-0.39, 0.29) is 30.8 Å². The Morgan fingerprint density at radius 3 is 2.48 bits per heavy atom. The molecule has 0 bridgehead atoms. The molecule has 12 heteroatoms. The fourth-order valence-electron chi connectivity index (χ4n) is 4.94. The molecule has 2 aromatic rings. The summed E-state index contributed by atoms with van der Waals surface area (Å²) < 4.78 is 68.4. The predicted molar refractivity (Wildman–Crippen MR) is 140 cm³/mol. The zero-order valence-electron chi connectivity index (χ0n) is 21.9. The van der Waals surface area contributed by atoms with Crippen LogP contribution in [0, 0.1) is 11.3 Å². The van der Waals surface area contributed by atoms with E-state index in [9.17, 15) is 36.4 Å². The minimum atomic E-state index is -5.03. The van der Waals surface area contributed by atoms with Gasteiger partial charge in [-0.15, -0.1) is 0 Å². The lowest BCUT2D eigenvalue weighted by Crippen LogP contribution is -2.50. The van der Waals surface area contributed by atoms with Gasteiger partial charge in [0.2, 0.25) is 15.9 Å². The van der Waals surface area contributed by atoms with Gasteiger partial charge < -0.3 is 9.80 Å². The highest BCUT2D eigenvalue weighted by molar-refractivity contribution is 7.89. The average Bonchev–Trinajstić information content (AvgIpc) is 2.95. The number of nitrogens with one attached hydrogen (secondary N) is 1. The van der Waals surface area contributed by atoms with Crippen LogP contribution < -0.4 is 4.72 Å². The van der Waals surface area contributed by atoms with E-state index in [0.717, 1.165) is 6.42 Å². The van der Waals surface area contributed by atoms with Gasteiger partial charge in [0.15, 0.2) is 0 Å². The van der Waals surface area contributed by atoms with E-state index in [2.05, 4.69) is 4.72 Å². The van der Waals surface area contributed by atoms with Gasteiger partial charge in [-0.25, -0.2) is 8.42 Å². The van der Waals surface area contributed by atoms with Crippen molar-refractivity contribution in [3.05, 3.63) is 76.4 Å². The van der Waals surface area contributed by atoms with E-state index in [4.69, 9.17) is 0 Å². The van der Waals surface area contributed by atoms with Crippen molar-refractivity contribution in [1.29, 1.82) is 5.26 Å². The molecule has 0 aliphatic carbocycles. The fourth-order valence-corrected chi connectivity index (χ4v) is 6.18. The maximum Gasteiger partial charge on any atom is 0.471 e. The molecule has 4 rings (SSSR count). The number of fused-ring (bicyclic) bond motifs is 1. The maximum absolute atomic E-state index is 13.6. The molecule has 0 aromatic heterocycles. The van der Waals surface area contributed by atoms with Gasteiger partial charge >= 0.3 is 12.1 Å². The Bertz CT molecular complexity index is 1480. The number of nitrogens with zero attached hydrogens (tertiary/aromatic N) is 3. The van der Waals surface area contributed by atoms with Crippen molar-refractivity contribution in [3.63, 3.8) is 0 Å². The van der Waals surface area contributed by atoms with Crippen molar-refractivity contribution >= 4 is 21.8 Å². The lowest BCUT2D eigenvalue weighted by Gasteiger charge is -2.31. The summed E-state index contributed by atoms with van der Waals surface area (Å²) in [5, 5.41) is 9.26. The lowest BCUT2D eigenvalue weighted by molar-refractivity contribution is -0.186. The Morgan fingerprint density at radius 1 is 1.07 bits per heavy atom. The van der Waals surface area contributed by atoms with Crippen molar-refractivity contribution in [2.75, 3.05) is 19.6 Å². The number of hydrogen-bond acceptors (Lipinski definition) is 5. The van der Waals surface area contributed by atoms with Crippen LogP contribution in [0.1, 0.15) is 42.0 Å². The Labute approximate surface area is 231 Å². The Hall–Kier alpha value is -3.69. The number of carbonyl (C=O) groups is 2. The maximum atomic E-state index is 13.6. The van der Waals surface area contributed by atoms with Gasteiger partial charge in [-0.3, -0.25) is 9.59 Å². The van der Waals surface area contributed by atoms with Crippen LogP contribution in [0.5, 0.6) is 0 Å². The van der Waals surface area contributed by atoms with Crippen molar-refractivity contribution < 1.29 is 31.2 Å². The number of alkyl halides is 3. The summed E-state index contributed by atoms with van der Waals surface area (Å²) >= 11 is 0. The predicted octanol–water partition coefficient (Wildman–Crippen LogP) is 3.46. The molecule has 0 radical (unpaired) electrons. The SMILES string of the molecule is CCC1=CCN(C(=O)[C@H](Cc2cccc(C#N)c2)NS(=O)(=O)c2ccc3c(c2)CN(C(=O)C(F)(F)F)CC3)CC1. The van der Waals surface area contributed by atoms with Crippen LogP contribution in [0.3, 0.4) is 0 Å². The van der Waals surface area contributed by atoms with Gasteiger partial charge in [0.05, 0.1) is 16.5 Å². The third-order valence-corrected chi connectivity index (χ3v) is 8.66. The van der Waals surface area contributed by atoms with Crippen LogP contribution >= 0.6 is 0 Å². The largest absolute Gasteiger partial charge is 0.471 e. The van der Waals surface area contributed by atoms with Crippen LogP contribution in [0.4, 0.5) is 13.2 Å². The monoisotopic (exact) mass is 574 g/mol. The average molecular weight is 575 g/mol. The molecular formula is C28H29F3N4O4S. The lowest BCUT2D eigenvalue weighted by atomic mass is 10.00. The summed E-state index contributed by atoms with van der Waals surface area (Å²) in [6, 6.07) is 11.5. The van der Waals surface area contributed by atoms with Crippen LogP contribution in [0.25, 0.3) is 0 Å². The standard InChI is InChI=1S/C28H29F3N4O4S/c1-2-19-8-11-34(12-9-19)26(36)25(15-20-4-3-5-21(14-20)17-32)33-40(38,39)24-7-6-22-10-13-35(18-23(22)16-24)27(37)28(29,30)31/h3-8,14,16,25,33H,2,9-13,15,18H2,1H3/t25-/m0/s1. The van der Waals surface area contributed by atoms with E-state index >= 15 is 0 Å². The molecule has 2 heterocycles. The third-order valence-electron chi connectivity index (χ3n) is 7.19. The summed E-state index contributed by atoms with van der Waals surface area (Å²) in [6.07, 6.45) is -1.37. The van der Waals surface area contributed by atoms with Crippen LogP contribution in [-0.2, 0) is 39.0 Å². The second-order valence-corrected chi connectivity index (χ2v) is 11.6. The first-order chi connectivity index (χ1) is 18.9. The van der Waals surface area contributed by atoms with E-state index in [1.54, 1.807) is 29.2 Å². The van der Waals surface area contributed by atoms with Gasteiger partial charge in [0.25, 0.3) is 0 Å². The zero-order valence-corrected chi connectivity index (χ0v) is 22.7. The molecule has 1 N–H and O–H groups in total. The fraction of sp³-hybridized carbons (Fsp3) is 0.393. The van der Waals surface area contributed by atoms with Crippen LogP contribution in [-0.4, -0.2) is 61.9 Å². The molecule has 2 aliphatic rings. The molecule has 1 atom stereocenters. The van der Waals surface area contributed by atoms with Crippen LogP contribution in [0.15, 0.2) is 59.0 Å². The zero-order chi connectivity index (χ0) is 29.1. The third kappa shape index (κ3) is 6.71. The van der Waals surface area contributed by atoms with Gasteiger partial charge in [0.1, 0.15) is 6.04 Å². The number of sulfonamides is 1. The summed E-state index contributed by atoms with van der Waals surface area (Å²) in [6.45, 7) is 2.31. The van der Waals surface area contributed by atoms with Gasteiger partial charge in [-0.05, 0) is 66.6 Å². The highest BCUT2D eigenvalue weighted by atomic mass is 32.2. The van der Waals surface area contributed by atoms with E-state index < -0.39 is 34.1 Å². The minimum absolute atomic E-state index is 0.00671. The van der Waals surface area contributed by atoms with E-state index in [1.807, 2.05) is 19.1 Å². The number of carbonyl (C=O) groups excluding carboxylic acids is 2. The van der Waals surface area contributed by atoms with E-state index in [0.29, 0.717) is 46.7 Å². The van der Waals surface area contributed by atoms with Crippen molar-refractivity contribution in [3.8, 4) is 6.07 Å². The quantitative estimate of drug-likeness (QED) is 0.510. The molecule has 212 valence electrons. The minimum Gasteiger partial charge on any atom is -0.337 e. The van der Waals surface area contributed by atoms with Crippen molar-refractivity contribution in [2.45, 2.75) is 56.3 Å². The molecule has 2 aliphatic heterocycles.